The molecule has 0 saturated heterocycles. The Kier molecular flexibility index (Phi) is 4.64. The molecule has 17 heavy (non-hydrogen) atoms. The average Bonchev–Trinajstić information content (AvgIpc) is 2.84. The maximum absolute atomic E-state index is 5.62. The molecular weight excluding hydrogens is 282 g/mol. The molecule has 0 aliphatic rings. The number of ether oxygens (including phenoxy) is 1. The van der Waals surface area contributed by atoms with E-state index in [9.17, 15) is 0 Å². The van der Waals surface area contributed by atoms with Gasteiger partial charge in [0.15, 0.2) is 0 Å². The molecule has 0 bridgehead atoms. The number of halogens is 1. The Morgan fingerprint density at radius 2 is 2.12 bits per heavy atom. The summed E-state index contributed by atoms with van der Waals surface area (Å²) in [4.78, 5) is 0. The Morgan fingerprint density at radius 1 is 1.24 bits per heavy atom. The van der Waals surface area contributed by atoms with Gasteiger partial charge >= 0.3 is 0 Å². The molecule has 0 saturated carbocycles. The molecule has 0 fully saturated rings. The van der Waals surface area contributed by atoms with Crippen LogP contribution < -0.4 is 10.1 Å². The van der Waals surface area contributed by atoms with E-state index in [2.05, 4.69) is 21.2 Å². The first-order valence-corrected chi connectivity index (χ1v) is 6.24. The minimum Gasteiger partial charge on any atom is -0.491 e. The van der Waals surface area contributed by atoms with Gasteiger partial charge in [-0.2, -0.15) is 0 Å². The molecule has 0 spiro atoms. The Labute approximate surface area is 109 Å². The Bertz CT molecular complexity index is 442. The van der Waals surface area contributed by atoms with Crippen LogP contribution in [0.15, 0.2) is 51.7 Å². The van der Waals surface area contributed by atoms with Gasteiger partial charge in [0.25, 0.3) is 0 Å². The van der Waals surface area contributed by atoms with Crippen LogP contribution in [0.25, 0.3) is 0 Å². The molecule has 0 radical (unpaired) electrons. The molecule has 90 valence electrons. The van der Waals surface area contributed by atoms with Gasteiger partial charge in [0.2, 0.25) is 0 Å². The lowest BCUT2D eigenvalue weighted by Crippen LogP contribution is -2.20. The zero-order chi connectivity index (χ0) is 11.9. The predicted molar refractivity (Wildman–Crippen MR) is 70.1 cm³/mol. The fraction of sp³-hybridized carbons (Fsp3) is 0.231. The number of hydrogen-bond acceptors (Lipinski definition) is 3. The second-order valence-corrected chi connectivity index (χ2v) is 4.44. The maximum Gasteiger partial charge on any atom is 0.133 e. The number of benzene rings is 1. The molecule has 0 aliphatic heterocycles. The lowest BCUT2D eigenvalue weighted by Gasteiger charge is -2.08. The van der Waals surface area contributed by atoms with E-state index in [0.29, 0.717) is 6.61 Å². The quantitative estimate of drug-likeness (QED) is 0.831. The molecule has 0 atom stereocenters. The summed E-state index contributed by atoms with van der Waals surface area (Å²) < 4.78 is 11.6. The minimum atomic E-state index is 0.639. The summed E-state index contributed by atoms with van der Waals surface area (Å²) in [5.74, 6) is 0.873. The fourth-order valence-corrected chi connectivity index (χ4v) is 1.82. The van der Waals surface area contributed by atoms with E-state index in [1.54, 1.807) is 12.5 Å². The highest BCUT2D eigenvalue weighted by atomic mass is 79.9. The molecular formula is C13H14BrNO2. The van der Waals surface area contributed by atoms with Crippen LogP contribution in [-0.4, -0.2) is 13.2 Å². The van der Waals surface area contributed by atoms with Crippen LogP contribution in [0.1, 0.15) is 5.56 Å². The fourth-order valence-electron chi connectivity index (χ4n) is 1.42. The molecule has 1 aromatic heterocycles. The van der Waals surface area contributed by atoms with Gasteiger partial charge < -0.3 is 14.5 Å². The van der Waals surface area contributed by atoms with Gasteiger partial charge in [-0.1, -0.05) is 12.1 Å². The summed E-state index contributed by atoms with van der Waals surface area (Å²) in [6, 6.07) is 9.78. The van der Waals surface area contributed by atoms with Gasteiger partial charge in [-0.15, -0.1) is 0 Å². The minimum absolute atomic E-state index is 0.639. The van der Waals surface area contributed by atoms with E-state index >= 15 is 0 Å². The maximum atomic E-state index is 5.62. The van der Waals surface area contributed by atoms with Crippen LogP contribution in [0.2, 0.25) is 0 Å². The van der Waals surface area contributed by atoms with Crippen molar-refractivity contribution in [3.05, 3.63) is 52.9 Å². The highest BCUT2D eigenvalue weighted by molar-refractivity contribution is 9.10. The Hall–Kier alpha value is -1.26. The van der Waals surface area contributed by atoms with Gasteiger partial charge in [-0.25, -0.2) is 0 Å². The summed E-state index contributed by atoms with van der Waals surface area (Å²) in [7, 11) is 0. The number of hydrogen-bond donors (Lipinski definition) is 1. The lowest BCUT2D eigenvalue weighted by atomic mass is 10.3. The number of rotatable bonds is 6. The Balaban J connectivity index is 1.65. The molecule has 3 nitrogen and oxygen atoms in total. The molecule has 0 amide bonds. The van der Waals surface area contributed by atoms with Crippen molar-refractivity contribution in [2.45, 2.75) is 6.54 Å². The third-order valence-electron chi connectivity index (χ3n) is 2.28. The molecule has 2 rings (SSSR count). The van der Waals surface area contributed by atoms with Gasteiger partial charge in [-0.3, -0.25) is 0 Å². The van der Waals surface area contributed by atoms with Crippen molar-refractivity contribution in [3.63, 3.8) is 0 Å². The van der Waals surface area contributed by atoms with Crippen LogP contribution in [0.5, 0.6) is 5.75 Å². The van der Waals surface area contributed by atoms with Crippen LogP contribution in [0.3, 0.4) is 0 Å². The smallest absolute Gasteiger partial charge is 0.133 e. The third-order valence-corrected chi connectivity index (χ3v) is 2.94. The average molecular weight is 296 g/mol. The normalized spacial score (nSPS) is 10.4. The molecule has 2 aromatic rings. The standard InChI is InChI=1S/C13H14BrNO2/c14-12-3-1-2-4-13(12)17-8-6-15-9-11-5-7-16-10-11/h1-5,7,10,15H,6,8-9H2. The van der Waals surface area contributed by atoms with Crippen LogP contribution in [0, 0.1) is 0 Å². The number of para-hydroxylation sites is 1. The number of furan rings is 1. The summed E-state index contributed by atoms with van der Waals surface area (Å²) in [6.07, 6.45) is 3.41. The van der Waals surface area contributed by atoms with E-state index in [1.807, 2.05) is 30.3 Å². The lowest BCUT2D eigenvalue weighted by molar-refractivity contribution is 0.312. The summed E-state index contributed by atoms with van der Waals surface area (Å²) in [5, 5.41) is 3.28. The number of nitrogens with one attached hydrogen (secondary N) is 1. The van der Waals surface area contributed by atoms with Crippen molar-refractivity contribution in [3.8, 4) is 5.75 Å². The van der Waals surface area contributed by atoms with Crippen LogP contribution in [-0.2, 0) is 6.54 Å². The third kappa shape index (κ3) is 3.91. The van der Waals surface area contributed by atoms with Crippen molar-refractivity contribution in [1.82, 2.24) is 5.32 Å². The van der Waals surface area contributed by atoms with Crippen molar-refractivity contribution >= 4 is 15.9 Å². The zero-order valence-corrected chi connectivity index (χ0v) is 10.9. The SMILES string of the molecule is Brc1ccccc1OCCNCc1ccoc1. The van der Waals surface area contributed by atoms with E-state index in [0.717, 1.165) is 28.9 Å². The van der Waals surface area contributed by atoms with E-state index in [4.69, 9.17) is 9.15 Å². The van der Waals surface area contributed by atoms with Gasteiger partial charge in [-0.05, 0) is 34.1 Å². The highest BCUT2D eigenvalue weighted by Crippen LogP contribution is 2.23. The Morgan fingerprint density at radius 3 is 2.88 bits per heavy atom. The van der Waals surface area contributed by atoms with Crippen LogP contribution >= 0.6 is 15.9 Å². The zero-order valence-electron chi connectivity index (χ0n) is 9.36. The largest absolute Gasteiger partial charge is 0.491 e. The van der Waals surface area contributed by atoms with Gasteiger partial charge in [0.05, 0.1) is 17.0 Å². The first-order chi connectivity index (χ1) is 8.36. The summed E-state index contributed by atoms with van der Waals surface area (Å²) in [6.45, 7) is 2.24. The predicted octanol–water partition coefficient (Wildman–Crippen LogP) is 3.21. The molecule has 1 heterocycles. The van der Waals surface area contributed by atoms with Gasteiger partial charge in [0.1, 0.15) is 12.4 Å². The van der Waals surface area contributed by atoms with Crippen LogP contribution in [0.4, 0.5) is 0 Å². The second kappa shape index (κ2) is 6.47. The summed E-state index contributed by atoms with van der Waals surface area (Å²) in [5.41, 5.74) is 1.14. The van der Waals surface area contributed by atoms with Crippen molar-refractivity contribution in [2.75, 3.05) is 13.2 Å². The molecule has 4 heteroatoms. The van der Waals surface area contributed by atoms with Gasteiger partial charge in [0, 0.05) is 18.7 Å². The second-order valence-electron chi connectivity index (χ2n) is 3.59. The first kappa shape index (κ1) is 12.2. The molecule has 0 aliphatic carbocycles. The molecule has 1 aromatic carbocycles. The summed E-state index contributed by atoms with van der Waals surface area (Å²) >= 11 is 3.44. The van der Waals surface area contributed by atoms with E-state index < -0.39 is 0 Å². The van der Waals surface area contributed by atoms with Crippen molar-refractivity contribution in [1.29, 1.82) is 0 Å². The molecule has 1 N–H and O–H groups in total. The topological polar surface area (TPSA) is 34.4 Å². The highest BCUT2D eigenvalue weighted by Gasteiger charge is 1.98. The monoisotopic (exact) mass is 295 g/mol. The van der Waals surface area contributed by atoms with Crippen molar-refractivity contribution in [2.24, 2.45) is 0 Å². The first-order valence-electron chi connectivity index (χ1n) is 5.45. The molecule has 0 unspecified atom stereocenters. The van der Waals surface area contributed by atoms with E-state index in [-0.39, 0.29) is 0 Å². The van der Waals surface area contributed by atoms with E-state index in [1.165, 1.54) is 0 Å². The van der Waals surface area contributed by atoms with Crippen molar-refractivity contribution < 1.29 is 9.15 Å².